The standard InChI is InChI=1S/C10H22O7S2/c1-3-5-7-16-19(13,14)17-9-8-15-18(11,12)10-6-4-2/h3-10H2,1-2H3. The van der Waals surface area contributed by atoms with Crippen molar-refractivity contribution in [2.24, 2.45) is 0 Å². The monoisotopic (exact) mass is 318 g/mol. The van der Waals surface area contributed by atoms with E-state index in [1.807, 2.05) is 13.8 Å². The van der Waals surface area contributed by atoms with Gasteiger partial charge < -0.3 is 0 Å². The zero-order valence-corrected chi connectivity index (χ0v) is 13.0. The number of rotatable bonds is 12. The SMILES string of the molecule is CCCCOS(=O)(=O)OCCOS(=O)(=O)CCCC. The van der Waals surface area contributed by atoms with E-state index in [0.717, 1.165) is 12.8 Å². The van der Waals surface area contributed by atoms with Gasteiger partial charge in [0.05, 0.1) is 25.6 Å². The lowest BCUT2D eigenvalue weighted by molar-refractivity contribution is 0.179. The summed E-state index contributed by atoms with van der Waals surface area (Å²) in [6, 6.07) is 0. The first-order chi connectivity index (χ1) is 8.83. The van der Waals surface area contributed by atoms with Gasteiger partial charge in [-0.3, -0.25) is 4.18 Å². The average Bonchev–Trinajstić information content (AvgIpc) is 2.33. The molecule has 0 radical (unpaired) electrons. The van der Waals surface area contributed by atoms with Crippen LogP contribution in [0, 0.1) is 0 Å². The molecular formula is C10H22O7S2. The van der Waals surface area contributed by atoms with Gasteiger partial charge in [-0.2, -0.15) is 16.8 Å². The van der Waals surface area contributed by atoms with Gasteiger partial charge in [0.2, 0.25) is 0 Å². The van der Waals surface area contributed by atoms with Gasteiger partial charge in [0, 0.05) is 0 Å². The Morgan fingerprint density at radius 1 is 0.737 bits per heavy atom. The van der Waals surface area contributed by atoms with Crippen molar-refractivity contribution < 1.29 is 29.4 Å². The van der Waals surface area contributed by atoms with Gasteiger partial charge in [-0.1, -0.05) is 26.7 Å². The molecule has 0 amide bonds. The van der Waals surface area contributed by atoms with Gasteiger partial charge in [-0.05, 0) is 12.8 Å². The largest absolute Gasteiger partial charge is 0.399 e. The van der Waals surface area contributed by atoms with E-state index < -0.39 is 20.5 Å². The number of hydrogen-bond acceptors (Lipinski definition) is 7. The Kier molecular flexibility index (Phi) is 9.54. The first kappa shape index (κ1) is 18.8. The zero-order valence-electron chi connectivity index (χ0n) is 11.3. The van der Waals surface area contributed by atoms with Crippen molar-refractivity contribution in [3.05, 3.63) is 0 Å². The summed E-state index contributed by atoms with van der Waals surface area (Å²) in [4.78, 5) is 0. The molecule has 0 spiro atoms. The minimum absolute atomic E-state index is 0.0501. The molecule has 0 fully saturated rings. The molecule has 0 saturated heterocycles. The van der Waals surface area contributed by atoms with E-state index in [4.69, 9.17) is 0 Å². The van der Waals surface area contributed by atoms with Gasteiger partial charge in [0.15, 0.2) is 0 Å². The minimum Gasteiger partial charge on any atom is -0.268 e. The van der Waals surface area contributed by atoms with Crippen LogP contribution in [0.15, 0.2) is 0 Å². The Hall–Kier alpha value is -0.220. The van der Waals surface area contributed by atoms with Crippen LogP contribution in [0.4, 0.5) is 0 Å². The highest BCUT2D eigenvalue weighted by atomic mass is 32.3. The Morgan fingerprint density at radius 2 is 1.26 bits per heavy atom. The molecule has 0 atom stereocenters. The van der Waals surface area contributed by atoms with E-state index in [2.05, 4.69) is 12.5 Å². The molecule has 0 N–H and O–H groups in total. The first-order valence-electron chi connectivity index (χ1n) is 6.24. The molecule has 7 nitrogen and oxygen atoms in total. The second kappa shape index (κ2) is 9.65. The molecular weight excluding hydrogens is 296 g/mol. The third kappa shape index (κ3) is 11.3. The van der Waals surface area contributed by atoms with E-state index in [9.17, 15) is 16.8 Å². The Morgan fingerprint density at radius 3 is 1.84 bits per heavy atom. The van der Waals surface area contributed by atoms with Crippen molar-refractivity contribution in [3.63, 3.8) is 0 Å². The van der Waals surface area contributed by atoms with Crippen LogP contribution in [0.3, 0.4) is 0 Å². The van der Waals surface area contributed by atoms with Crippen molar-refractivity contribution >= 4 is 20.5 Å². The predicted molar refractivity (Wildman–Crippen MR) is 70.4 cm³/mol. The molecule has 0 rings (SSSR count). The minimum atomic E-state index is -4.06. The van der Waals surface area contributed by atoms with E-state index in [1.165, 1.54) is 0 Å². The Labute approximate surface area is 115 Å². The van der Waals surface area contributed by atoms with Gasteiger partial charge in [-0.25, -0.2) is 8.37 Å². The zero-order chi connectivity index (χ0) is 14.8. The molecule has 0 aromatic rings. The normalized spacial score (nSPS) is 12.7. The third-order valence-electron chi connectivity index (χ3n) is 2.05. The average molecular weight is 318 g/mol. The molecule has 0 heterocycles. The summed E-state index contributed by atoms with van der Waals surface area (Å²) in [5, 5.41) is 0. The molecule has 0 aliphatic rings. The van der Waals surface area contributed by atoms with Gasteiger partial charge in [0.25, 0.3) is 10.1 Å². The molecule has 0 aromatic carbocycles. The molecule has 116 valence electrons. The van der Waals surface area contributed by atoms with Crippen molar-refractivity contribution in [1.82, 2.24) is 0 Å². The van der Waals surface area contributed by atoms with E-state index in [1.54, 1.807) is 0 Å². The highest BCUT2D eigenvalue weighted by Gasteiger charge is 2.14. The maximum Gasteiger partial charge on any atom is 0.399 e. The van der Waals surface area contributed by atoms with Crippen LogP contribution in [-0.2, 0) is 33.1 Å². The van der Waals surface area contributed by atoms with E-state index >= 15 is 0 Å². The van der Waals surface area contributed by atoms with E-state index in [-0.39, 0.29) is 25.6 Å². The second-order valence-electron chi connectivity index (χ2n) is 3.84. The van der Waals surface area contributed by atoms with Gasteiger partial charge in [0.1, 0.15) is 0 Å². The topological polar surface area (TPSA) is 96.0 Å². The fourth-order valence-electron chi connectivity index (χ4n) is 1.02. The quantitative estimate of drug-likeness (QED) is 0.394. The van der Waals surface area contributed by atoms with Crippen molar-refractivity contribution in [1.29, 1.82) is 0 Å². The summed E-state index contributed by atoms with van der Waals surface area (Å²) in [5.41, 5.74) is 0. The highest BCUT2D eigenvalue weighted by Crippen LogP contribution is 2.02. The predicted octanol–water partition coefficient (Wildman–Crippen LogP) is 1.21. The van der Waals surface area contributed by atoms with Crippen LogP contribution in [0.25, 0.3) is 0 Å². The summed E-state index contributed by atoms with van der Waals surface area (Å²) in [5.74, 6) is -0.0801. The van der Waals surface area contributed by atoms with Crippen molar-refractivity contribution in [2.75, 3.05) is 25.6 Å². The lowest BCUT2D eigenvalue weighted by Crippen LogP contribution is -2.18. The lowest BCUT2D eigenvalue weighted by Gasteiger charge is -2.06. The van der Waals surface area contributed by atoms with Gasteiger partial charge in [-0.15, -0.1) is 0 Å². The van der Waals surface area contributed by atoms with Crippen LogP contribution in [0.1, 0.15) is 39.5 Å². The van der Waals surface area contributed by atoms with Crippen LogP contribution < -0.4 is 0 Å². The first-order valence-corrected chi connectivity index (χ1v) is 9.15. The summed E-state index contributed by atoms with van der Waals surface area (Å²) in [7, 11) is -7.66. The fraction of sp³-hybridized carbons (Fsp3) is 1.00. The van der Waals surface area contributed by atoms with Crippen molar-refractivity contribution in [2.45, 2.75) is 39.5 Å². The number of hydrogen-bond donors (Lipinski definition) is 0. The number of unbranched alkanes of at least 4 members (excludes halogenated alkanes) is 2. The summed E-state index contributed by atoms with van der Waals surface area (Å²) in [6.07, 6.45) is 2.64. The highest BCUT2D eigenvalue weighted by molar-refractivity contribution is 7.86. The fourth-order valence-corrected chi connectivity index (χ4v) is 2.76. The molecule has 0 unspecified atom stereocenters. The molecule has 0 aliphatic carbocycles. The molecule has 19 heavy (non-hydrogen) atoms. The molecule has 0 bridgehead atoms. The Bertz CT molecular complexity index is 413. The summed E-state index contributed by atoms with van der Waals surface area (Å²) < 4.78 is 58.4. The van der Waals surface area contributed by atoms with Crippen LogP contribution in [0.5, 0.6) is 0 Å². The second-order valence-corrected chi connectivity index (χ2v) is 6.89. The summed E-state index contributed by atoms with van der Waals surface area (Å²) >= 11 is 0. The van der Waals surface area contributed by atoms with Gasteiger partial charge >= 0.3 is 10.4 Å². The molecule has 0 aromatic heterocycles. The third-order valence-corrected chi connectivity index (χ3v) is 4.27. The molecule has 9 heteroatoms. The maximum atomic E-state index is 11.3. The van der Waals surface area contributed by atoms with E-state index in [0.29, 0.717) is 12.8 Å². The molecule has 0 aliphatic heterocycles. The smallest absolute Gasteiger partial charge is 0.268 e. The molecule has 0 saturated carbocycles. The maximum absolute atomic E-state index is 11.3. The lowest BCUT2D eigenvalue weighted by atomic mass is 10.4. The van der Waals surface area contributed by atoms with Crippen LogP contribution in [0.2, 0.25) is 0 Å². The van der Waals surface area contributed by atoms with Crippen LogP contribution in [-0.4, -0.2) is 42.4 Å². The summed E-state index contributed by atoms with van der Waals surface area (Å²) in [6.45, 7) is 3.07. The van der Waals surface area contributed by atoms with Crippen LogP contribution >= 0.6 is 0 Å². The Balaban J connectivity index is 3.84. The van der Waals surface area contributed by atoms with Crippen molar-refractivity contribution in [3.8, 4) is 0 Å².